The van der Waals surface area contributed by atoms with Gasteiger partial charge in [0.1, 0.15) is 12.1 Å². The van der Waals surface area contributed by atoms with E-state index in [2.05, 4.69) is 15.7 Å². The second kappa shape index (κ2) is 7.69. The lowest BCUT2D eigenvalue weighted by molar-refractivity contribution is -0.133. The molecule has 0 aliphatic carbocycles. The van der Waals surface area contributed by atoms with Crippen LogP contribution in [0.5, 0.6) is 0 Å². The number of nitrogens with zero attached hydrogens (tertiary/aromatic N) is 3. The summed E-state index contributed by atoms with van der Waals surface area (Å²) in [7, 11) is 0. The first kappa shape index (κ1) is 20.6. The Bertz CT molecular complexity index is 951. The van der Waals surface area contributed by atoms with E-state index < -0.39 is 17.5 Å². The van der Waals surface area contributed by atoms with Gasteiger partial charge in [-0.05, 0) is 45.2 Å². The van der Waals surface area contributed by atoms with Crippen molar-refractivity contribution in [1.29, 1.82) is 0 Å². The first-order valence-electron chi connectivity index (χ1n) is 9.68. The monoisotopic (exact) mass is 397 g/mol. The van der Waals surface area contributed by atoms with Crippen LogP contribution in [-0.4, -0.2) is 44.6 Å². The molecule has 1 aromatic carbocycles. The molecular weight excluding hydrogens is 370 g/mol. The first-order chi connectivity index (χ1) is 13.6. The fourth-order valence-electron chi connectivity index (χ4n) is 3.81. The molecule has 0 spiro atoms. The van der Waals surface area contributed by atoms with Crippen molar-refractivity contribution in [2.45, 2.75) is 46.6 Å². The Kier molecular flexibility index (Phi) is 5.46. The molecule has 0 radical (unpaired) electrons. The van der Waals surface area contributed by atoms with Crippen LogP contribution >= 0.6 is 0 Å². The molecule has 2 heterocycles. The van der Waals surface area contributed by atoms with Crippen LogP contribution in [0.3, 0.4) is 0 Å². The molecule has 0 unspecified atom stereocenters. The van der Waals surface area contributed by atoms with Crippen LogP contribution in [0.25, 0.3) is 5.69 Å². The summed E-state index contributed by atoms with van der Waals surface area (Å²) in [6.07, 6.45) is 0.512. The van der Waals surface area contributed by atoms with Gasteiger partial charge >= 0.3 is 6.03 Å². The molecule has 0 saturated carbocycles. The third-order valence-corrected chi connectivity index (χ3v) is 5.02. The maximum absolute atomic E-state index is 12.7. The minimum atomic E-state index is -0.977. The van der Waals surface area contributed by atoms with Gasteiger partial charge in [0.2, 0.25) is 5.91 Å². The van der Waals surface area contributed by atoms with Crippen molar-refractivity contribution < 1.29 is 14.4 Å². The van der Waals surface area contributed by atoms with Crippen molar-refractivity contribution >= 4 is 23.5 Å². The van der Waals surface area contributed by atoms with E-state index in [1.165, 1.54) is 0 Å². The van der Waals surface area contributed by atoms with Gasteiger partial charge in [-0.2, -0.15) is 5.10 Å². The summed E-state index contributed by atoms with van der Waals surface area (Å²) < 4.78 is 1.75. The molecule has 8 heteroatoms. The Balaban J connectivity index is 1.74. The van der Waals surface area contributed by atoms with Gasteiger partial charge in [-0.3, -0.25) is 14.5 Å². The molecule has 1 aliphatic heterocycles. The van der Waals surface area contributed by atoms with Crippen molar-refractivity contribution in [1.82, 2.24) is 20.0 Å². The largest absolute Gasteiger partial charge is 0.325 e. The molecular formula is C21H27N5O3. The average Bonchev–Trinajstić information content (AvgIpc) is 3.04. The van der Waals surface area contributed by atoms with E-state index in [0.717, 1.165) is 16.3 Å². The fraction of sp³-hybridized carbons (Fsp3) is 0.429. The second-order valence-electron chi connectivity index (χ2n) is 8.09. The lowest BCUT2D eigenvalue weighted by Crippen LogP contribution is -2.45. The fourth-order valence-corrected chi connectivity index (χ4v) is 3.81. The van der Waals surface area contributed by atoms with Crippen molar-refractivity contribution in [3.05, 3.63) is 41.7 Å². The van der Waals surface area contributed by atoms with E-state index in [1.807, 2.05) is 51.1 Å². The lowest BCUT2D eigenvalue weighted by Gasteiger charge is -2.23. The summed E-state index contributed by atoms with van der Waals surface area (Å²) in [5, 5.41) is 10.0. The summed E-state index contributed by atoms with van der Waals surface area (Å²) in [4.78, 5) is 38.6. The molecule has 1 atom stereocenters. The third-order valence-electron chi connectivity index (χ3n) is 5.02. The Labute approximate surface area is 170 Å². The van der Waals surface area contributed by atoms with Crippen LogP contribution in [0.15, 0.2) is 30.3 Å². The van der Waals surface area contributed by atoms with Crippen molar-refractivity contribution in [2.24, 2.45) is 5.92 Å². The minimum absolute atomic E-state index is 0.229. The van der Waals surface area contributed by atoms with Crippen LogP contribution in [0.2, 0.25) is 0 Å². The van der Waals surface area contributed by atoms with Gasteiger partial charge in [0.25, 0.3) is 5.91 Å². The van der Waals surface area contributed by atoms with Crippen LogP contribution in [-0.2, 0) is 9.59 Å². The van der Waals surface area contributed by atoms with Gasteiger partial charge in [0, 0.05) is 0 Å². The summed E-state index contributed by atoms with van der Waals surface area (Å²) >= 11 is 0. The average molecular weight is 397 g/mol. The second-order valence-corrected chi connectivity index (χ2v) is 8.09. The molecule has 154 valence electrons. The summed E-state index contributed by atoms with van der Waals surface area (Å²) in [5.41, 5.74) is 1.91. The zero-order valence-corrected chi connectivity index (χ0v) is 17.4. The molecule has 1 saturated heterocycles. The van der Waals surface area contributed by atoms with Crippen LogP contribution in [0, 0.1) is 19.8 Å². The van der Waals surface area contributed by atoms with Gasteiger partial charge in [-0.25, -0.2) is 9.48 Å². The molecule has 2 aromatic rings. The van der Waals surface area contributed by atoms with Gasteiger partial charge in [0.05, 0.1) is 22.8 Å². The smallest absolute Gasteiger partial charge is 0.323 e. The highest BCUT2D eigenvalue weighted by atomic mass is 16.2. The standard InChI is InChI=1S/C21H27N5O3/c1-13(2)11-21(5)19(28)25(20(29)23-21)12-17(27)22-18-14(3)24-26(15(18)4)16-9-7-6-8-10-16/h6-10,13H,11-12H2,1-5H3,(H,22,27)(H,23,29)/t21-/m1/s1. The Morgan fingerprint density at radius 3 is 2.48 bits per heavy atom. The maximum atomic E-state index is 12.7. The lowest BCUT2D eigenvalue weighted by atomic mass is 9.91. The summed E-state index contributed by atoms with van der Waals surface area (Å²) in [6.45, 7) is 8.98. The number of anilines is 1. The number of aromatic nitrogens is 2. The van der Waals surface area contributed by atoms with Gasteiger partial charge in [-0.15, -0.1) is 0 Å². The number of nitrogens with one attached hydrogen (secondary N) is 2. The molecule has 2 N–H and O–H groups in total. The van der Waals surface area contributed by atoms with E-state index in [-0.39, 0.29) is 18.4 Å². The number of aryl methyl sites for hydroxylation is 1. The Morgan fingerprint density at radius 1 is 1.21 bits per heavy atom. The minimum Gasteiger partial charge on any atom is -0.323 e. The van der Waals surface area contributed by atoms with E-state index in [1.54, 1.807) is 18.5 Å². The van der Waals surface area contributed by atoms with E-state index in [4.69, 9.17) is 0 Å². The molecule has 29 heavy (non-hydrogen) atoms. The van der Waals surface area contributed by atoms with Gasteiger partial charge < -0.3 is 10.6 Å². The third kappa shape index (κ3) is 4.01. The molecule has 3 rings (SSSR count). The number of benzene rings is 1. The SMILES string of the molecule is Cc1nn(-c2ccccc2)c(C)c1NC(=O)CN1C(=O)N[C@](C)(CC(C)C)C1=O. The van der Waals surface area contributed by atoms with E-state index in [0.29, 0.717) is 17.8 Å². The predicted octanol–water partition coefficient (Wildman–Crippen LogP) is 2.78. The number of carbonyl (C=O) groups excluding carboxylic acids is 3. The topological polar surface area (TPSA) is 96.3 Å². The van der Waals surface area contributed by atoms with Crippen LogP contribution < -0.4 is 10.6 Å². The number of urea groups is 1. The molecule has 1 fully saturated rings. The predicted molar refractivity (Wildman–Crippen MR) is 110 cm³/mol. The summed E-state index contributed by atoms with van der Waals surface area (Å²) in [6, 6.07) is 9.05. The van der Waals surface area contributed by atoms with Gasteiger partial charge in [0.15, 0.2) is 0 Å². The number of para-hydroxylation sites is 1. The number of imide groups is 1. The van der Waals surface area contributed by atoms with Crippen molar-refractivity contribution in [3.8, 4) is 5.69 Å². The van der Waals surface area contributed by atoms with E-state index in [9.17, 15) is 14.4 Å². The molecule has 1 aromatic heterocycles. The van der Waals surface area contributed by atoms with Crippen LogP contribution in [0.4, 0.5) is 10.5 Å². The van der Waals surface area contributed by atoms with Crippen molar-refractivity contribution in [2.75, 3.05) is 11.9 Å². The molecule has 4 amide bonds. The maximum Gasteiger partial charge on any atom is 0.325 e. The summed E-state index contributed by atoms with van der Waals surface area (Å²) in [5.74, 6) is -0.590. The van der Waals surface area contributed by atoms with E-state index >= 15 is 0 Å². The highest BCUT2D eigenvalue weighted by molar-refractivity contribution is 6.10. The number of amides is 4. The number of carbonyl (C=O) groups is 3. The highest BCUT2D eigenvalue weighted by Crippen LogP contribution is 2.26. The number of hydrogen-bond acceptors (Lipinski definition) is 4. The number of rotatable bonds is 6. The normalized spacial score (nSPS) is 19.0. The Hall–Kier alpha value is -3.16. The Morgan fingerprint density at radius 2 is 1.86 bits per heavy atom. The molecule has 8 nitrogen and oxygen atoms in total. The van der Waals surface area contributed by atoms with Gasteiger partial charge in [-0.1, -0.05) is 32.0 Å². The highest BCUT2D eigenvalue weighted by Gasteiger charge is 2.48. The zero-order chi connectivity index (χ0) is 21.3. The van der Waals surface area contributed by atoms with Crippen molar-refractivity contribution in [3.63, 3.8) is 0 Å². The first-order valence-corrected chi connectivity index (χ1v) is 9.68. The quantitative estimate of drug-likeness (QED) is 0.733. The van der Waals surface area contributed by atoms with Crippen LogP contribution in [0.1, 0.15) is 38.6 Å². The molecule has 1 aliphatic rings. The number of hydrogen-bond donors (Lipinski definition) is 2. The molecule has 0 bridgehead atoms. The zero-order valence-electron chi connectivity index (χ0n) is 17.4.